The van der Waals surface area contributed by atoms with Gasteiger partial charge in [0, 0.05) is 11.3 Å². The Morgan fingerprint density at radius 1 is 0.944 bits per heavy atom. The molecule has 0 fully saturated rings. The summed E-state index contributed by atoms with van der Waals surface area (Å²) in [4.78, 5) is 39.5. The molecule has 0 saturated heterocycles. The van der Waals surface area contributed by atoms with Gasteiger partial charge in [0.25, 0.3) is 5.91 Å². The lowest BCUT2D eigenvalue weighted by atomic mass is 9.94. The maximum absolute atomic E-state index is 13.4. The van der Waals surface area contributed by atoms with Crippen molar-refractivity contribution in [1.29, 1.82) is 0 Å². The number of hydrogen-bond acceptors (Lipinski definition) is 6. The average Bonchev–Trinajstić information content (AvgIpc) is 3.17. The van der Waals surface area contributed by atoms with Crippen LogP contribution in [0.25, 0.3) is 6.08 Å². The molecule has 1 amide bonds. The Kier molecular flexibility index (Phi) is 6.87. The van der Waals surface area contributed by atoms with Gasteiger partial charge >= 0.3 is 5.97 Å². The van der Waals surface area contributed by atoms with E-state index in [4.69, 9.17) is 9.47 Å². The monoisotopic (exact) mass is 485 g/mol. The van der Waals surface area contributed by atoms with Crippen molar-refractivity contribution in [3.05, 3.63) is 107 Å². The highest BCUT2D eigenvalue weighted by Gasteiger charge is 2.45. The van der Waals surface area contributed by atoms with Crippen molar-refractivity contribution in [3.63, 3.8) is 0 Å². The lowest BCUT2D eigenvalue weighted by Gasteiger charge is -2.28. The second kappa shape index (κ2) is 10.2. The number of nitrogens with zero attached hydrogens (tertiary/aromatic N) is 1. The van der Waals surface area contributed by atoms with E-state index in [1.807, 2.05) is 30.3 Å². The van der Waals surface area contributed by atoms with Gasteiger partial charge in [-0.1, -0.05) is 42.5 Å². The summed E-state index contributed by atoms with van der Waals surface area (Å²) in [5.74, 6) is -2.55. The van der Waals surface area contributed by atoms with E-state index in [0.29, 0.717) is 17.1 Å². The van der Waals surface area contributed by atoms with Gasteiger partial charge in [-0.3, -0.25) is 14.5 Å². The second-order valence-electron chi connectivity index (χ2n) is 7.91. The molecule has 3 aromatic rings. The van der Waals surface area contributed by atoms with E-state index in [9.17, 15) is 24.6 Å². The summed E-state index contributed by atoms with van der Waals surface area (Å²) >= 11 is 0. The van der Waals surface area contributed by atoms with Gasteiger partial charge in [0.15, 0.2) is 11.5 Å². The first-order valence-electron chi connectivity index (χ1n) is 10.9. The number of aliphatic hydroxyl groups is 1. The summed E-state index contributed by atoms with van der Waals surface area (Å²) in [6.45, 7) is 0. The van der Waals surface area contributed by atoms with Crippen molar-refractivity contribution in [3.8, 4) is 11.5 Å². The Balaban J connectivity index is 1.89. The molecule has 1 aliphatic heterocycles. The number of allylic oxidation sites excluding steroid dienone is 1. The SMILES string of the molecule is COc1ccc(OC)c([C@H]2C(C(=O)C=Cc3ccccc3)=C(O)C(=O)N2c2cccc(C(=O)O)c2)c1. The van der Waals surface area contributed by atoms with E-state index in [0.717, 1.165) is 5.56 Å². The van der Waals surface area contributed by atoms with Gasteiger partial charge in [0.05, 0.1) is 31.4 Å². The Morgan fingerprint density at radius 3 is 2.36 bits per heavy atom. The minimum Gasteiger partial charge on any atom is -0.503 e. The zero-order valence-electron chi connectivity index (χ0n) is 19.5. The molecule has 0 unspecified atom stereocenters. The summed E-state index contributed by atoms with van der Waals surface area (Å²) in [5, 5.41) is 20.4. The Hall–Kier alpha value is -4.85. The summed E-state index contributed by atoms with van der Waals surface area (Å²) in [6, 6.07) is 18.6. The maximum Gasteiger partial charge on any atom is 0.335 e. The molecule has 182 valence electrons. The molecular formula is C28H23NO7. The predicted octanol–water partition coefficient (Wildman–Crippen LogP) is 4.58. The van der Waals surface area contributed by atoms with Gasteiger partial charge < -0.3 is 19.7 Å². The molecule has 0 radical (unpaired) electrons. The topological polar surface area (TPSA) is 113 Å². The molecular weight excluding hydrogens is 462 g/mol. The van der Waals surface area contributed by atoms with Crippen molar-refractivity contribution in [1.82, 2.24) is 0 Å². The third kappa shape index (κ3) is 4.56. The lowest BCUT2D eigenvalue weighted by molar-refractivity contribution is -0.117. The minimum atomic E-state index is -1.18. The van der Waals surface area contributed by atoms with Crippen LogP contribution in [0, 0.1) is 0 Å². The van der Waals surface area contributed by atoms with E-state index in [1.54, 1.807) is 24.3 Å². The number of carbonyl (C=O) groups is 3. The second-order valence-corrected chi connectivity index (χ2v) is 7.91. The molecule has 4 rings (SSSR count). The van der Waals surface area contributed by atoms with E-state index >= 15 is 0 Å². The fraction of sp³-hybridized carbons (Fsp3) is 0.107. The minimum absolute atomic E-state index is 0.0557. The fourth-order valence-corrected chi connectivity index (χ4v) is 4.09. The first kappa shape index (κ1) is 24.3. The maximum atomic E-state index is 13.4. The molecule has 0 spiro atoms. The van der Waals surface area contributed by atoms with Gasteiger partial charge in [0.1, 0.15) is 11.5 Å². The number of methoxy groups -OCH3 is 2. The van der Waals surface area contributed by atoms with Crippen LogP contribution in [0.1, 0.15) is 27.5 Å². The van der Waals surface area contributed by atoms with Gasteiger partial charge in [-0.25, -0.2) is 4.79 Å². The van der Waals surface area contributed by atoms with E-state index in [2.05, 4.69) is 0 Å². The number of rotatable bonds is 8. The van der Waals surface area contributed by atoms with E-state index in [-0.39, 0.29) is 16.8 Å². The first-order chi connectivity index (χ1) is 17.3. The number of hydrogen-bond donors (Lipinski definition) is 2. The van der Waals surface area contributed by atoms with Crippen molar-refractivity contribution in [2.75, 3.05) is 19.1 Å². The average molecular weight is 485 g/mol. The van der Waals surface area contributed by atoms with Crippen molar-refractivity contribution < 1.29 is 34.1 Å². The molecule has 8 nitrogen and oxygen atoms in total. The number of aliphatic hydroxyl groups excluding tert-OH is 1. The highest BCUT2D eigenvalue weighted by molar-refractivity contribution is 6.20. The number of amides is 1. The molecule has 36 heavy (non-hydrogen) atoms. The number of carboxylic acid groups (broad SMARTS) is 1. The summed E-state index contributed by atoms with van der Waals surface area (Å²) < 4.78 is 10.9. The number of anilines is 1. The molecule has 1 aliphatic rings. The quantitative estimate of drug-likeness (QED) is 0.449. The zero-order chi connectivity index (χ0) is 25.8. The Bertz CT molecular complexity index is 1390. The highest BCUT2D eigenvalue weighted by atomic mass is 16.5. The van der Waals surface area contributed by atoms with E-state index in [1.165, 1.54) is 49.5 Å². The van der Waals surface area contributed by atoms with Crippen LogP contribution >= 0.6 is 0 Å². The van der Waals surface area contributed by atoms with Crippen molar-refractivity contribution in [2.24, 2.45) is 0 Å². The molecule has 0 aromatic heterocycles. The van der Waals surface area contributed by atoms with Gasteiger partial charge in [0.2, 0.25) is 0 Å². The van der Waals surface area contributed by atoms with Crippen LogP contribution in [0.3, 0.4) is 0 Å². The smallest absolute Gasteiger partial charge is 0.335 e. The standard InChI is InChI=1S/C28H23NO7/c1-35-20-12-14-23(36-2)21(16-20)25-24(22(30)13-11-17-7-4-3-5-8-17)26(31)27(32)29(25)19-10-6-9-18(15-19)28(33)34/h3-16,25,31H,1-2H3,(H,33,34)/t25-/m0/s1. The van der Waals surface area contributed by atoms with Crippen molar-refractivity contribution >= 4 is 29.4 Å². The highest BCUT2D eigenvalue weighted by Crippen LogP contribution is 2.45. The summed E-state index contributed by atoms with van der Waals surface area (Å²) in [5.41, 5.74) is 1.11. The molecule has 2 N–H and O–H groups in total. The van der Waals surface area contributed by atoms with Gasteiger partial charge in [-0.05, 0) is 48.0 Å². The van der Waals surface area contributed by atoms with Crippen LogP contribution in [0.15, 0.2) is 90.2 Å². The third-order valence-electron chi connectivity index (χ3n) is 5.80. The van der Waals surface area contributed by atoms with Crippen LogP contribution < -0.4 is 14.4 Å². The largest absolute Gasteiger partial charge is 0.503 e. The molecule has 1 atom stereocenters. The van der Waals surface area contributed by atoms with Crippen molar-refractivity contribution in [2.45, 2.75) is 6.04 Å². The van der Waals surface area contributed by atoms with Crippen LogP contribution in [-0.2, 0) is 9.59 Å². The molecule has 1 heterocycles. The summed E-state index contributed by atoms with van der Waals surface area (Å²) in [7, 11) is 2.92. The molecule has 0 aliphatic carbocycles. The number of ketones is 1. The van der Waals surface area contributed by atoms with Crippen LogP contribution in [0.2, 0.25) is 0 Å². The normalized spacial score (nSPS) is 15.4. The molecule has 0 bridgehead atoms. The molecule has 0 saturated carbocycles. The van der Waals surface area contributed by atoms with Gasteiger partial charge in [-0.2, -0.15) is 0 Å². The van der Waals surface area contributed by atoms with Gasteiger partial charge in [-0.15, -0.1) is 0 Å². The number of ether oxygens (including phenoxy) is 2. The Labute approximate surface area is 207 Å². The molecule has 8 heteroatoms. The number of benzene rings is 3. The Morgan fingerprint density at radius 2 is 1.69 bits per heavy atom. The van der Waals surface area contributed by atoms with Crippen LogP contribution in [-0.4, -0.2) is 42.1 Å². The van der Waals surface area contributed by atoms with E-state index < -0.39 is 29.5 Å². The fourth-order valence-electron chi connectivity index (χ4n) is 4.09. The summed E-state index contributed by atoms with van der Waals surface area (Å²) in [6.07, 6.45) is 2.87. The lowest BCUT2D eigenvalue weighted by Crippen LogP contribution is -2.31. The number of carboxylic acids is 1. The number of aromatic carboxylic acids is 1. The molecule has 3 aromatic carbocycles. The first-order valence-corrected chi connectivity index (χ1v) is 10.9. The number of carbonyl (C=O) groups excluding carboxylic acids is 2. The van der Waals surface area contributed by atoms with Crippen LogP contribution in [0.5, 0.6) is 11.5 Å². The third-order valence-corrected chi connectivity index (χ3v) is 5.80. The zero-order valence-corrected chi connectivity index (χ0v) is 19.5. The van der Waals surface area contributed by atoms with Crippen LogP contribution in [0.4, 0.5) is 5.69 Å². The predicted molar refractivity (Wildman–Crippen MR) is 133 cm³/mol.